The molecule has 0 radical (unpaired) electrons. The van der Waals surface area contributed by atoms with Crippen molar-refractivity contribution in [3.8, 4) is 0 Å². The number of nitrogens with zero attached hydrogens (tertiary/aromatic N) is 4. The number of fused-ring (bicyclic) bond motifs is 3. The first-order valence-electron chi connectivity index (χ1n) is 10.6. The molecular weight excluding hydrogens is 360 g/mol. The molecule has 154 valence electrons. The van der Waals surface area contributed by atoms with Gasteiger partial charge in [-0.2, -0.15) is 0 Å². The molecule has 0 saturated carbocycles. The summed E-state index contributed by atoms with van der Waals surface area (Å²) in [6.45, 7) is 4.82. The molecular formula is C19H31N6O3+. The molecule has 9 heteroatoms. The number of quaternary nitrogens is 2. The average Bonchev–Trinajstić information content (AvgIpc) is 3.15. The van der Waals surface area contributed by atoms with E-state index < -0.39 is 11.9 Å². The Morgan fingerprint density at radius 3 is 2.75 bits per heavy atom. The van der Waals surface area contributed by atoms with Gasteiger partial charge >= 0.3 is 0 Å². The summed E-state index contributed by atoms with van der Waals surface area (Å²) < 4.78 is 1.96. The predicted molar refractivity (Wildman–Crippen MR) is 96.6 cm³/mol. The van der Waals surface area contributed by atoms with E-state index in [1.54, 1.807) is 0 Å². The molecule has 5 rings (SSSR count). The third-order valence-electron chi connectivity index (χ3n) is 6.92. The van der Waals surface area contributed by atoms with Gasteiger partial charge in [-0.05, 0) is 18.8 Å². The largest absolute Gasteiger partial charge is 0.550 e. The fourth-order valence-corrected chi connectivity index (χ4v) is 5.33. The molecule has 4 atom stereocenters. The molecule has 3 N–H and O–H groups in total. The van der Waals surface area contributed by atoms with Crippen LogP contribution in [0.3, 0.4) is 0 Å². The van der Waals surface area contributed by atoms with Gasteiger partial charge in [0.1, 0.15) is 18.3 Å². The van der Waals surface area contributed by atoms with E-state index in [2.05, 4.69) is 15.6 Å². The third kappa shape index (κ3) is 3.91. The topological polar surface area (TPSA) is 112 Å². The molecule has 0 aromatic carbocycles. The van der Waals surface area contributed by atoms with Crippen molar-refractivity contribution in [1.82, 2.24) is 19.9 Å². The molecule has 4 saturated heterocycles. The monoisotopic (exact) mass is 391 g/mol. The summed E-state index contributed by atoms with van der Waals surface area (Å²) in [6, 6.07) is 0.492. The number of hydrogen-bond donors (Lipinski definition) is 2. The number of nitrogens with one attached hydrogen (secondary N) is 1. The van der Waals surface area contributed by atoms with Gasteiger partial charge in [0, 0.05) is 37.8 Å². The molecule has 28 heavy (non-hydrogen) atoms. The van der Waals surface area contributed by atoms with Gasteiger partial charge in [-0.15, -0.1) is 5.10 Å². The smallest absolute Gasteiger partial charge is 0.231 e. The summed E-state index contributed by atoms with van der Waals surface area (Å²) in [4.78, 5) is 27.5. The molecule has 1 amide bonds. The van der Waals surface area contributed by atoms with E-state index in [1.807, 2.05) is 22.8 Å². The van der Waals surface area contributed by atoms with E-state index >= 15 is 0 Å². The van der Waals surface area contributed by atoms with E-state index in [1.165, 1.54) is 4.90 Å². The second kappa shape index (κ2) is 8.16. The molecule has 1 aromatic heterocycles. The number of carboxylic acid groups (broad SMARTS) is 1. The Kier molecular flexibility index (Phi) is 5.63. The Bertz CT molecular complexity index is 714. The predicted octanol–water partition coefficient (Wildman–Crippen LogP) is -3.75. The molecule has 1 aromatic rings. The van der Waals surface area contributed by atoms with Crippen molar-refractivity contribution in [3.05, 3.63) is 11.9 Å². The van der Waals surface area contributed by atoms with Crippen molar-refractivity contribution in [1.29, 1.82) is 0 Å². The quantitative estimate of drug-likeness (QED) is 0.518. The van der Waals surface area contributed by atoms with Gasteiger partial charge < -0.3 is 25.0 Å². The van der Waals surface area contributed by atoms with Gasteiger partial charge in [0.15, 0.2) is 0 Å². The Morgan fingerprint density at radius 2 is 2.11 bits per heavy atom. The average molecular weight is 391 g/mol. The molecule has 9 nitrogen and oxygen atoms in total. The zero-order valence-electron chi connectivity index (χ0n) is 16.5. The van der Waals surface area contributed by atoms with Crippen molar-refractivity contribution < 1.29 is 24.9 Å². The Morgan fingerprint density at radius 1 is 1.32 bits per heavy atom. The van der Waals surface area contributed by atoms with Crippen LogP contribution in [0.25, 0.3) is 0 Å². The SMILES string of the molecule is C[NH2+]Cc1cn(C[C@H]2C[C@@H]3CC[NH+]2C[C@@H]3C(=O)N2CCC(C(=O)[O-])CC2)nn1. The van der Waals surface area contributed by atoms with Gasteiger partial charge in [0.25, 0.3) is 0 Å². The minimum Gasteiger partial charge on any atom is -0.550 e. The molecule has 4 aliphatic heterocycles. The third-order valence-corrected chi connectivity index (χ3v) is 6.92. The highest BCUT2D eigenvalue weighted by atomic mass is 16.4. The number of amides is 1. The fraction of sp³-hybridized carbons (Fsp3) is 0.789. The number of aromatic nitrogens is 3. The molecule has 4 fully saturated rings. The number of hydrogen-bond acceptors (Lipinski definition) is 5. The highest BCUT2D eigenvalue weighted by molar-refractivity contribution is 5.80. The first-order valence-corrected chi connectivity index (χ1v) is 10.6. The van der Waals surface area contributed by atoms with Crippen molar-refractivity contribution in [2.24, 2.45) is 17.8 Å². The minimum absolute atomic E-state index is 0.0838. The Balaban J connectivity index is 1.33. The Labute approximate surface area is 165 Å². The minimum atomic E-state index is -0.977. The zero-order valence-corrected chi connectivity index (χ0v) is 16.5. The normalized spacial score (nSPS) is 30.5. The van der Waals surface area contributed by atoms with Crippen LogP contribution in [0.4, 0.5) is 0 Å². The van der Waals surface area contributed by atoms with Gasteiger partial charge in [0.05, 0.1) is 38.8 Å². The highest BCUT2D eigenvalue weighted by Crippen LogP contribution is 2.30. The number of piperidine rings is 4. The summed E-state index contributed by atoms with van der Waals surface area (Å²) in [5, 5.41) is 21.6. The standard InChI is InChI=1S/C19H30N6O3/c1-20-9-15-10-25(22-21-15)11-16-8-14-4-7-24(16)12-17(14)18(26)23-5-2-13(3-6-23)19(27)28/h10,13-14,16-17,20H,2-9,11-12H2,1H3,(H,27,28)/p+1/t14-,16+,17-/m0/s1. The van der Waals surface area contributed by atoms with Crippen LogP contribution in [-0.4, -0.2) is 71.0 Å². The van der Waals surface area contributed by atoms with Crippen LogP contribution in [0.1, 0.15) is 31.4 Å². The van der Waals surface area contributed by atoms with Crippen molar-refractivity contribution >= 4 is 11.9 Å². The van der Waals surface area contributed by atoms with Crippen LogP contribution in [-0.2, 0) is 22.7 Å². The lowest BCUT2D eigenvalue weighted by molar-refractivity contribution is -0.945. The van der Waals surface area contributed by atoms with Crippen LogP contribution in [0.5, 0.6) is 0 Å². The first kappa shape index (κ1) is 19.3. The number of carboxylic acids is 1. The second-order valence-corrected chi connectivity index (χ2v) is 8.66. The number of nitrogens with two attached hydrogens (primary N) is 1. The summed E-state index contributed by atoms with van der Waals surface area (Å²) in [7, 11) is 2.02. The van der Waals surface area contributed by atoms with E-state index in [9.17, 15) is 14.7 Å². The van der Waals surface area contributed by atoms with E-state index in [0.717, 1.165) is 44.7 Å². The lowest BCUT2D eigenvalue weighted by Gasteiger charge is -2.47. The highest BCUT2D eigenvalue weighted by Gasteiger charge is 2.47. The lowest BCUT2D eigenvalue weighted by atomic mass is 9.74. The second-order valence-electron chi connectivity index (χ2n) is 8.66. The number of likely N-dealkylation sites (tertiary alicyclic amines) is 1. The summed E-state index contributed by atoms with van der Waals surface area (Å²) in [5.41, 5.74) is 1.00. The van der Waals surface area contributed by atoms with Gasteiger partial charge in [-0.1, -0.05) is 5.21 Å². The zero-order chi connectivity index (χ0) is 19.7. The maximum Gasteiger partial charge on any atom is 0.231 e. The lowest BCUT2D eigenvalue weighted by Crippen LogP contribution is -3.20. The van der Waals surface area contributed by atoms with Crippen LogP contribution < -0.4 is 15.3 Å². The van der Waals surface area contributed by atoms with E-state index in [4.69, 9.17) is 0 Å². The van der Waals surface area contributed by atoms with Gasteiger partial charge in [0.2, 0.25) is 5.91 Å². The maximum absolute atomic E-state index is 13.1. The van der Waals surface area contributed by atoms with E-state index in [0.29, 0.717) is 37.9 Å². The molecule has 2 bridgehead atoms. The van der Waals surface area contributed by atoms with Crippen molar-refractivity contribution in [2.45, 2.75) is 44.8 Å². The van der Waals surface area contributed by atoms with E-state index in [-0.39, 0.29) is 11.8 Å². The molecule has 4 aliphatic rings. The summed E-state index contributed by atoms with van der Waals surface area (Å²) >= 11 is 0. The number of rotatable bonds is 6. The van der Waals surface area contributed by atoms with Crippen LogP contribution in [0, 0.1) is 17.8 Å². The molecule has 0 aliphatic carbocycles. The molecule has 1 unspecified atom stereocenters. The van der Waals surface area contributed by atoms with Gasteiger partial charge in [-0.3, -0.25) is 4.79 Å². The fourth-order valence-electron chi connectivity index (χ4n) is 5.33. The van der Waals surface area contributed by atoms with Crippen molar-refractivity contribution in [2.75, 3.05) is 33.2 Å². The van der Waals surface area contributed by atoms with Crippen molar-refractivity contribution in [3.63, 3.8) is 0 Å². The number of carbonyl (C=O) groups is 2. The summed E-state index contributed by atoms with van der Waals surface area (Å²) in [6.07, 6.45) is 5.23. The number of carbonyl (C=O) groups excluding carboxylic acids is 2. The van der Waals surface area contributed by atoms with Crippen LogP contribution in [0.2, 0.25) is 0 Å². The Hall–Kier alpha value is -2.00. The van der Waals surface area contributed by atoms with Crippen LogP contribution in [0.15, 0.2) is 6.20 Å². The molecule has 5 heterocycles. The summed E-state index contributed by atoms with van der Waals surface area (Å²) in [5.74, 6) is -0.626. The number of aliphatic carboxylic acids is 1. The maximum atomic E-state index is 13.1. The first-order chi connectivity index (χ1) is 13.5. The molecule has 0 spiro atoms. The van der Waals surface area contributed by atoms with Gasteiger partial charge in [-0.25, -0.2) is 4.68 Å². The van der Waals surface area contributed by atoms with Crippen LogP contribution >= 0.6 is 0 Å².